The average Bonchev–Trinajstić information content (AvgIpc) is 2.84. The largest absolute Gasteiger partial charge is 0.492 e. The second-order valence-electron chi connectivity index (χ2n) is 7.61. The zero-order chi connectivity index (χ0) is 23.4. The van der Waals surface area contributed by atoms with E-state index >= 15 is 0 Å². The molecule has 1 heterocycles. The van der Waals surface area contributed by atoms with Crippen LogP contribution in [0.3, 0.4) is 0 Å². The van der Waals surface area contributed by atoms with Crippen molar-refractivity contribution in [2.24, 2.45) is 0 Å². The number of ether oxygens (including phenoxy) is 1. The summed E-state index contributed by atoms with van der Waals surface area (Å²) in [5.41, 5.74) is 1.63. The number of carbonyl (C=O) groups excluding carboxylic acids is 1. The fraction of sp³-hybridized carbons (Fsp3) is 0.192. The zero-order valence-corrected chi connectivity index (χ0v) is 18.9. The first-order valence-corrected chi connectivity index (χ1v) is 10.8. The standard InChI is InChI=1S/C26H26N4O3/c1-4-33-23-17-11-10-16-22(23)30-24(28-21-15-9-8-14-20(21)25(30)31)18(2)29(3)26(32)27-19-12-6-5-7-13-19/h5-18H,4H2,1-3H3,(H,27,32). The molecule has 7 heteroatoms. The van der Waals surface area contributed by atoms with E-state index in [2.05, 4.69) is 5.32 Å². The number of anilines is 1. The lowest BCUT2D eigenvalue weighted by Gasteiger charge is -2.27. The van der Waals surface area contributed by atoms with Gasteiger partial charge in [-0.2, -0.15) is 0 Å². The zero-order valence-electron chi connectivity index (χ0n) is 18.9. The number of hydrogen-bond donors (Lipinski definition) is 1. The van der Waals surface area contributed by atoms with E-state index < -0.39 is 6.04 Å². The molecule has 0 spiro atoms. The number of benzene rings is 3. The van der Waals surface area contributed by atoms with Gasteiger partial charge in [0, 0.05) is 12.7 Å². The normalized spacial score (nSPS) is 11.7. The van der Waals surface area contributed by atoms with E-state index in [0.717, 1.165) is 0 Å². The summed E-state index contributed by atoms with van der Waals surface area (Å²) in [6.07, 6.45) is 0. The molecule has 33 heavy (non-hydrogen) atoms. The molecule has 0 saturated carbocycles. The van der Waals surface area contributed by atoms with Crippen LogP contribution in [0, 0.1) is 0 Å². The van der Waals surface area contributed by atoms with Crippen LogP contribution < -0.4 is 15.6 Å². The van der Waals surface area contributed by atoms with E-state index in [4.69, 9.17) is 9.72 Å². The molecule has 168 valence electrons. The second-order valence-corrected chi connectivity index (χ2v) is 7.61. The molecule has 1 N–H and O–H groups in total. The molecule has 0 bridgehead atoms. The Morgan fingerprint density at radius 1 is 1.03 bits per heavy atom. The summed E-state index contributed by atoms with van der Waals surface area (Å²) >= 11 is 0. The minimum Gasteiger partial charge on any atom is -0.492 e. The lowest BCUT2D eigenvalue weighted by atomic mass is 10.2. The van der Waals surface area contributed by atoms with Gasteiger partial charge in [-0.05, 0) is 50.2 Å². The summed E-state index contributed by atoms with van der Waals surface area (Å²) in [5, 5.41) is 3.38. The molecule has 0 fully saturated rings. The second kappa shape index (κ2) is 9.56. The Labute approximate surface area is 192 Å². The summed E-state index contributed by atoms with van der Waals surface area (Å²) in [5.74, 6) is 1.01. The van der Waals surface area contributed by atoms with E-state index in [0.29, 0.717) is 40.5 Å². The predicted molar refractivity (Wildman–Crippen MR) is 130 cm³/mol. The van der Waals surface area contributed by atoms with E-state index in [9.17, 15) is 9.59 Å². The first-order chi connectivity index (χ1) is 16.0. The third-order valence-corrected chi connectivity index (χ3v) is 5.51. The summed E-state index contributed by atoms with van der Waals surface area (Å²) in [6.45, 7) is 4.20. The number of nitrogens with one attached hydrogen (secondary N) is 1. The van der Waals surface area contributed by atoms with Crippen LogP contribution in [0.25, 0.3) is 16.6 Å². The number of aromatic nitrogens is 2. The highest BCUT2D eigenvalue weighted by Gasteiger charge is 2.25. The Morgan fingerprint density at radius 3 is 2.45 bits per heavy atom. The van der Waals surface area contributed by atoms with Gasteiger partial charge in [-0.1, -0.05) is 42.5 Å². The summed E-state index contributed by atoms with van der Waals surface area (Å²) in [4.78, 5) is 33.0. The number of para-hydroxylation sites is 4. The van der Waals surface area contributed by atoms with Crippen molar-refractivity contribution in [2.45, 2.75) is 19.9 Å². The highest BCUT2D eigenvalue weighted by Crippen LogP contribution is 2.27. The molecular formula is C26H26N4O3. The fourth-order valence-corrected chi connectivity index (χ4v) is 3.66. The molecule has 2 amide bonds. The lowest BCUT2D eigenvalue weighted by Crippen LogP contribution is -2.37. The molecule has 0 aliphatic rings. The number of rotatable bonds is 6. The molecule has 7 nitrogen and oxygen atoms in total. The summed E-state index contributed by atoms with van der Waals surface area (Å²) in [6, 6.07) is 23.0. The number of urea groups is 1. The number of amides is 2. The van der Waals surface area contributed by atoms with Gasteiger partial charge in [0.15, 0.2) is 0 Å². The molecule has 0 radical (unpaired) electrons. The molecule has 3 aromatic carbocycles. The van der Waals surface area contributed by atoms with Crippen LogP contribution in [-0.2, 0) is 0 Å². The number of carbonyl (C=O) groups is 1. The minimum absolute atomic E-state index is 0.216. The van der Waals surface area contributed by atoms with Crippen molar-refractivity contribution in [1.82, 2.24) is 14.5 Å². The minimum atomic E-state index is -0.513. The molecule has 0 aliphatic heterocycles. The quantitative estimate of drug-likeness (QED) is 0.455. The maximum absolute atomic E-state index is 13.6. The third kappa shape index (κ3) is 4.43. The first-order valence-electron chi connectivity index (χ1n) is 10.8. The van der Waals surface area contributed by atoms with Crippen molar-refractivity contribution in [2.75, 3.05) is 19.0 Å². The van der Waals surface area contributed by atoms with Gasteiger partial charge >= 0.3 is 6.03 Å². The van der Waals surface area contributed by atoms with E-state index in [1.807, 2.05) is 80.6 Å². The average molecular weight is 443 g/mol. The number of hydrogen-bond acceptors (Lipinski definition) is 4. The van der Waals surface area contributed by atoms with Crippen LogP contribution in [0.5, 0.6) is 5.75 Å². The molecule has 4 rings (SSSR count). The molecule has 0 aliphatic carbocycles. The van der Waals surface area contributed by atoms with Crippen molar-refractivity contribution in [1.29, 1.82) is 0 Å². The van der Waals surface area contributed by atoms with Crippen LogP contribution >= 0.6 is 0 Å². The van der Waals surface area contributed by atoms with Crippen molar-refractivity contribution < 1.29 is 9.53 Å². The van der Waals surface area contributed by atoms with Gasteiger partial charge < -0.3 is 15.0 Å². The van der Waals surface area contributed by atoms with Gasteiger partial charge in [0.1, 0.15) is 11.6 Å². The molecule has 1 aromatic heterocycles. The van der Waals surface area contributed by atoms with E-state index in [1.54, 1.807) is 23.7 Å². The predicted octanol–water partition coefficient (Wildman–Crippen LogP) is 5.01. The SMILES string of the molecule is CCOc1ccccc1-n1c(C(C)N(C)C(=O)Nc2ccccc2)nc2ccccc2c1=O. The summed E-state index contributed by atoms with van der Waals surface area (Å²) < 4.78 is 7.35. The van der Waals surface area contributed by atoms with Gasteiger partial charge in [0.25, 0.3) is 5.56 Å². The van der Waals surface area contributed by atoms with Crippen LogP contribution in [0.1, 0.15) is 25.7 Å². The number of fused-ring (bicyclic) bond motifs is 1. The van der Waals surface area contributed by atoms with Crippen LogP contribution in [0.15, 0.2) is 83.7 Å². The maximum Gasteiger partial charge on any atom is 0.322 e. The van der Waals surface area contributed by atoms with Crippen molar-refractivity contribution in [3.05, 3.63) is 95.0 Å². The van der Waals surface area contributed by atoms with Gasteiger partial charge in [-0.15, -0.1) is 0 Å². The Hall–Kier alpha value is -4.13. The van der Waals surface area contributed by atoms with Crippen molar-refractivity contribution in [3.8, 4) is 11.4 Å². The van der Waals surface area contributed by atoms with Crippen molar-refractivity contribution in [3.63, 3.8) is 0 Å². The Kier molecular flexibility index (Phi) is 6.40. The van der Waals surface area contributed by atoms with Gasteiger partial charge in [-0.3, -0.25) is 9.36 Å². The van der Waals surface area contributed by atoms with Gasteiger partial charge in [-0.25, -0.2) is 9.78 Å². The molecule has 4 aromatic rings. The van der Waals surface area contributed by atoms with Crippen LogP contribution in [-0.4, -0.2) is 34.1 Å². The highest BCUT2D eigenvalue weighted by molar-refractivity contribution is 5.89. The third-order valence-electron chi connectivity index (χ3n) is 5.51. The highest BCUT2D eigenvalue weighted by atomic mass is 16.5. The monoisotopic (exact) mass is 442 g/mol. The molecule has 1 unspecified atom stereocenters. The van der Waals surface area contributed by atoms with E-state index in [1.165, 1.54) is 4.90 Å². The topological polar surface area (TPSA) is 76.5 Å². The van der Waals surface area contributed by atoms with Crippen LogP contribution in [0.4, 0.5) is 10.5 Å². The van der Waals surface area contributed by atoms with Gasteiger partial charge in [0.05, 0.1) is 29.2 Å². The summed E-state index contributed by atoms with van der Waals surface area (Å²) in [7, 11) is 1.68. The Morgan fingerprint density at radius 2 is 1.70 bits per heavy atom. The smallest absolute Gasteiger partial charge is 0.322 e. The lowest BCUT2D eigenvalue weighted by molar-refractivity contribution is 0.205. The van der Waals surface area contributed by atoms with Crippen LogP contribution in [0.2, 0.25) is 0 Å². The Bertz CT molecular complexity index is 1330. The van der Waals surface area contributed by atoms with Crippen molar-refractivity contribution >= 4 is 22.6 Å². The molecule has 1 atom stereocenters. The molecule has 0 saturated heterocycles. The Balaban J connectivity index is 1.83. The maximum atomic E-state index is 13.6. The first kappa shape index (κ1) is 22.1. The number of nitrogens with zero attached hydrogens (tertiary/aromatic N) is 3. The van der Waals surface area contributed by atoms with E-state index in [-0.39, 0.29) is 11.6 Å². The molecular weight excluding hydrogens is 416 g/mol. The van der Waals surface area contributed by atoms with Gasteiger partial charge in [0.2, 0.25) is 0 Å². The fourth-order valence-electron chi connectivity index (χ4n) is 3.66.